The molecule has 3 aliphatic heterocycles. The Balaban J connectivity index is 1.51. The number of halogens is 2. The zero-order valence-electron chi connectivity index (χ0n) is 27.0. The molecule has 0 saturated carbocycles. The van der Waals surface area contributed by atoms with Gasteiger partial charge in [0.1, 0.15) is 17.7 Å². The van der Waals surface area contributed by atoms with Crippen LogP contribution in [0.1, 0.15) is 37.9 Å². The van der Waals surface area contributed by atoms with Crippen LogP contribution in [0, 0.1) is 11.8 Å². The lowest BCUT2D eigenvalue weighted by Gasteiger charge is -2.37. The molecule has 3 fully saturated rings. The minimum atomic E-state index is -1.38. The van der Waals surface area contributed by atoms with Crippen molar-refractivity contribution in [1.29, 1.82) is 0 Å². The summed E-state index contributed by atoms with van der Waals surface area (Å²) < 4.78 is 12.9. The van der Waals surface area contributed by atoms with Gasteiger partial charge in [0.25, 0.3) is 5.91 Å². The highest BCUT2D eigenvalue weighted by molar-refractivity contribution is 9.09. The number of alkyl halides is 1. The number of ether oxygens (including phenoxy) is 2. The molecule has 2 aromatic carbocycles. The molecule has 1 N–H and O–H groups in total. The number of β-amino-alcohol motifs (C(OH)–C–C–N with tert-alkyl or cyclic N) is 1. The minimum absolute atomic E-state index is 0.100. The fourth-order valence-corrected chi connectivity index (χ4v) is 8.58. The fraction of sp³-hybridized carbons (Fsp3) is 0.444. The van der Waals surface area contributed by atoms with Crippen LogP contribution in [0.2, 0.25) is 5.02 Å². The number of hydrogen-bond donors (Lipinski definition) is 1. The lowest BCUT2D eigenvalue weighted by molar-refractivity contribution is -0.164. The van der Waals surface area contributed by atoms with Crippen molar-refractivity contribution in [3.8, 4) is 0 Å². The van der Waals surface area contributed by atoms with Gasteiger partial charge < -0.3 is 29.3 Å². The van der Waals surface area contributed by atoms with Gasteiger partial charge in [0, 0.05) is 31.4 Å². The highest BCUT2D eigenvalue weighted by Crippen LogP contribution is 2.60. The van der Waals surface area contributed by atoms with Crippen LogP contribution in [0.25, 0.3) is 0 Å². The first kappa shape index (κ1) is 35.8. The molecule has 5 rings (SSSR count). The van der Waals surface area contributed by atoms with Gasteiger partial charge >= 0.3 is 5.97 Å². The van der Waals surface area contributed by atoms with E-state index in [0.29, 0.717) is 22.7 Å². The number of nitrogens with zero attached hydrogens (tertiary/aromatic N) is 3. The lowest BCUT2D eigenvalue weighted by Crippen LogP contribution is -2.57. The second-order valence-electron chi connectivity index (χ2n) is 12.4. The molecule has 3 amide bonds. The van der Waals surface area contributed by atoms with E-state index in [2.05, 4.69) is 29.1 Å². The minimum Gasteiger partial charge on any atom is -0.455 e. The number of esters is 1. The van der Waals surface area contributed by atoms with Crippen molar-refractivity contribution in [2.45, 2.75) is 60.9 Å². The SMILES string of the molecule is C=CCCC(=O)N(C)[C@H](C)[C@H](OC(=O)[C@H]1[C@@H]2O[C@@]3(CC2Br)[C@@H]1C(=O)N(CCO)[C@@H]3C(=O)N(CC=C)c1ccccc1Cl)c1ccccc1. The molecule has 256 valence electrons. The van der Waals surface area contributed by atoms with Crippen molar-refractivity contribution in [3.05, 3.63) is 90.5 Å². The fourth-order valence-electron chi connectivity index (χ4n) is 7.40. The van der Waals surface area contributed by atoms with Crippen molar-refractivity contribution >= 4 is 56.9 Å². The normalized spacial score (nSPS) is 26.8. The molecule has 48 heavy (non-hydrogen) atoms. The van der Waals surface area contributed by atoms with Crippen LogP contribution in [0.5, 0.6) is 0 Å². The molecule has 8 atom stereocenters. The second-order valence-corrected chi connectivity index (χ2v) is 14.0. The van der Waals surface area contributed by atoms with Gasteiger partial charge in [-0.05, 0) is 37.5 Å². The third kappa shape index (κ3) is 6.33. The molecule has 10 nitrogen and oxygen atoms in total. The van der Waals surface area contributed by atoms with E-state index in [1.54, 1.807) is 48.4 Å². The van der Waals surface area contributed by atoms with E-state index in [4.69, 9.17) is 21.1 Å². The summed E-state index contributed by atoms with van der Waals surface area (Å²) in [6.07, 6.45) is 2.67. The Bertz CT molecular complexity index is 1560. The number of carbonyl (C=O) groups is 4. The largest absolute Gasteiger partial charge is 0.455 e. The average molecular weight is 743 g/mol. The van der Waals surface area contributed by atoms with Gasteiger partial charge in [-0.25, -0.2) is 0 Å². The first-order valence-electron chi connectivity index (χ1n) is 16.0. The Morgan fingerprint density at radius 2 is 1.85 bits per heavy atom. The van der Waals surface area contributed by atoms with Crippen LogP contribution >= 0.6 is 27.5 Å². The second kappa shape index (κ2) is 14.9. The summed E-state index contributed by atoms with van der Waals surface area (Å²) in [6.45, 7) is 8.88. The molecular weight excluding hydrogens is 702 g/mol. The van der Waals surface area contributed by atoms with Crippen LogP contribution in [-0.4, -0.2) is 94.0 Å². The Morgan fingerprint density at radius 3 is 2.50 bits per heavy atom. The molecule has 2 bridgehead atoms. The number of benzene rings is 2. The maximum atomic E-state index is 14.6. The highest BCUT2D eigenvalue weighted by atomic mass is 79.9. The number of likely N-dealkylation sites (tertiary alicyclic amines) is 1. The third-order valence-electron chi connectivity index (χ3n) is 9.73. The molecule has 12 heteroatoms. The van der Waals surface area contributed by atoms with E-state index in [0.717, 1.165) is 0 Å². The van der Waals surface area contributed by atoms with Crippen LogP contribution in [0.4, 0.5) is 5.69 Å². The zero-order valence-corrected chi connectivity index (χ0v) is 29.4. The number of likely N-dealkylation sites (N-methyl/N-ethyl adjacent to an activating group) is 1. The van der Waals surface area contributed by atoms with E-state index in [-0.39, 0.29) is 36.7 Å². The number of hydrogen-bond acceptors (Lipinski definition) is 7. The van der Waals surface area contributed by atoms with Gasteiger partial charge in [0.15, 0.2) is 0 Å². The molecule has 0 radical (unpaired) electrons. The summed E-state index contributed by atoms with van der Waals surface area (Å²) in [5.41, 5.74) is -0.258. The number of anilines is 1. The van der Waals surface area contributed by atoms with Crippen LogP contribution in [-0.2, 0) is 28.7 Å². The van der Waals surface area contributed by atoms with E-state index >= 15 is 0 Å². The summed E-state index contributed by atoms with van der Waals surface area (Å²) in [7, 11) is 1.67. The van der Waals surface area contributed by atoms with Crippen LogP contribution in [0.15, 0.2) is 79.9 Å². The molecule has 1 unspecified atom stereocenters. The third-order valence-corrected chi connectivity index (χ3v) is 10.9. The van der Waals surface area contributed by atoms with E-state index in [9.17, 15) is 24.3 Å². The molecule has 0 aliphatic carbocycles. The standard InChI is InChI=1S/C36H41BrClN3O7/c1-5-7-17-27(43)39(4)22(3)30(23-13-9-8-10-14-23)47-35(46)28-29-33(44)41(19-20-42)32(36(29)21-24(37)31(28)48-36)34(45)40(18-6-2)26-16-12-11-15-25(26)38/h5-6,8-16,22,24,28-32,42H,1-2,7,17-21H2,3-4H3/t22-,24?,28-,29+,30+,31-,32-,36+/m1/s1. The van der Waals surface area contributed by atoms with Crippen LogP contribution in [0.3, 0.4) is 0 Å². The Labute approximate surface area is 294 Å². The lowest BCUT2D eigenvalue weighted by atomic mass is 9.70. The van der Waals surface area contributed by atoms with Crippen LogP contribution < -0.4 is 4.90 Å². The van der Waals surface area contributed by atoms with Crippen molar-refractivity contribution in [2.75, 3.05) is 31.6 Å². The number of para-hydroxylation sites is 1. The van der Waals surface area contributed by atoms with Crippen molar-refractivity contribution < 1.29 is 33.8 Å². The average Bonchev–Trinajstić information content (AvgIpc) is 3.68. The van der Waals surface area contributed by atoms with Gasteiger partial charge in [-0.3, -0.25) is 19.2 Å². The van der Waals surface area contributed by atoms with Crippen molar-refractivity contribution in [2.24, 2.45) is 11.8 Å². The highest BCUT2D eigenvalue weighted by Gasteiger charge is 2.77. The van der Waals surface area contributed by atoms with Gasteiger partial charge in [-0.1, -0.05) is 82.1 Å². The Morgan fingerprint density at radius 1 is 1.17 bits per heavy atom. The van der Waals surface area contributed by atoms with Gasteiger partial charge in [-0.15, -0.1) is 13.2 Å². The summed E-state index contributed by atoms with van der Waals surface area (Å²) in [5.74, 6) is -3.82. The Hall–Kier alpha value is -3.51. The molecule has 3 heterocycles. The van der Waals surface area contributed by atoms with Gasteiger partial charge in [-0.2, -0.15) is 0 Å². The summed E-state index contributed by atoms with van der Waals surface area (Å²) in [4.78, 5) is 60.2. The monoisotopic (exact) mass is 741 g/mol. The smallest absolute Gasteiger partial charge is 0.313 e. The molecule has 2 aromatic rings. The number of carbonyl (C=O) groups excluding carboxylic acids is 4. The topological polar surface area (TPSA) is 117 Å². The van der Waals surface area contributed by atoms with Crippen molar-refractivity contribution in [3.63, 3.8) is 0 Å². The number of aliphatic hydroxyl groups is 1. The first-order valence-corrected chi connectivity index (χ1v) is 17.3. The molecule has 1 spiro atoms. The zero-order chi connectivity index (χ0) is 34.7. The maximum Gasteiger partial charge on any atom is 0.313 e. The van der Waals surface area contributed by atoms with Gasteiger partial charge in [0.05, 0.1) is 41.3 Å². The van der Waals surface area contributed by atoms with E-state index in [1.165, 1.54) is 9.80 Å². The maximum absolute atomic E-state index is 14.6. The molecule has 0 aromatic heterocycles. The number of fused-ring (bicyclic) bond motifs is 1. The molecular formula is C36H41BrClN3O7. The summed E-state index contributed by atoms with van der Waals surface area (Å²) >= 11 is 10.2. The van der Waals surface area contributed by atoms with E-state index in [1.807, 2.05) is 37.3 Å². The quantitative estimate of drug-likeness (QED) is 0.170. The number of aliphatic hydroxyl groups excluding tert-OH is 1. The molecule has 3 aliphatic rings. The summed E-state index contributed by atoms with van der Waals surface area (Å²) in [5, 5.41) is 10.4. The van der Waals surface area contributed by atoms with Gasteiger partial charge in [0.2, 0.25) is 11.8 Å². The first-order chi connectivity index (χ1) is 23.0. The number of allylic oxidation sites excluding steroid dienone is 1. The van der Waals surface area contributed by atoms with E-state index < -0.39 is 66.1 Å². The predicted molar refractivity (Wildman–Crippen MR) is 185 cm³/mol. The Kier molecular flexibility index (Phi) is 11.1. The van der Waals surface area contributed by atoms with Crippen molar-refractivity contribution in [1.82, 2.24) is 9.80 Å². The number of rotatable bonds is 14. The summed E-state index contributed by atoms with van der Waals surface area (Å²) in [6, 6.07) is 14.3. The molecule has 3 saturated heterocycles. The predicted octanol–water partition coefficient (Wildman–Crippen LogP) is 4.70. The number of amides is 3.